The highest BCUT2D eigenvalue weighted by Crippen LogP contribution is 2.03. The minimum atomic E-state index is 0.542. The fourth-order valence-corrected chi connectivity index (χ4v) is 1.66. The van der Waals surface area contributed by atoms with Gasteiger partial charge in [-0.15, -0.1) is 0 Å². The van der Waals surface area contributed by atoms with Crippen molar-refractivity contribution in [2.24, 2.45) is 4.99 Å². The Morgan fingerprint density at radius 1 is 1.40 bits per heavy atom. The monoisotopic (exact) mass is 207 g/mol. The van der Waals surface area contributed by atoms with Gasteiger partial charge in [-0.25, -0.2) is 4.99 Å². The van der Waals surface area contributed by atoms with Crippen LogP contribution in [0.3, 0.4) is 0 Å². The molecule has 1 aliphatic rings. The van der Waals surface area contributed by atoms with E-state index in [4.69, 9.17) is 0 Å². The number of piperidine rings is 1. The van der Waals surface area contributed by atoms with Crippen LogP contribution in [0.5, 0.6) is 0 Å². The molecule has 84 valence electrons. The second-order valence-electron chi connectivity index (χ2n) is 4.09. The zero-order valence-corrected chi connectivity index (χ0v) is 9.71. The molecule has 0 spiro atoms. The van der Waals surface area contributed by atoms with Crippen LogP contribution in [-0.2, 0) is 0 Å². The standard InChI is InChI=1S/C12H21N3/c1-4-14-12(9-10(2)3)15-11-5-7-13-8-6-11/h4,9,11,13H,1,5-8H2,2-3H3,(H,14,15). The number of nitrogens with one attached hydrogen (secondary N) is 2. The predicted molar refractivity (Wildman–Crippen MR) is 66.1 cm³/mol. The van der Waals surface area contributed by atoms with Crippen molar-refractivity contribution < 1.29 is 0 Å². The lowest BCUT2D eigenvalue weighted by Gasteiger charge is -2.24. The molecule has 15 heavy (non-hydrogen) atoms. The molecule has 0 unspecified atom stereocenters. The largest absolute Gasteiger partial charge is 0.367 e. The van der Waals surface area contributed by atoms with Gasteiger partial charge in [0, 0.05) is 12.2 Å². The molecule has 0 bridgehead atoms. The minimum absolute atomic E-state index is 0.542. The zero-order chi connectivity index (χ0) is 11.1. The van der Waals surface area contributed by atoms with Crippen molar-refractivity contribution in [2.45, 2.75) is 32.7 Å². The summed E-state index contributed by atoms with van der Waals surface area (Å²) in [6.07, 6.45) is 5.96. The minimum Gasteiger partial charge on any atom is -0.367 e. The van der Waals surface area contributed by atoms with E-state index in [0.717, 1.165) is 31.8 Å². The van der Waals surface area contributed by atoms with Gasteiger partial charge in [-0.1, -0.05) is 12.2 Å². The lowest BCUT2D eigenvalue weighted by atomic mass is 10.1. The molecular formula is C12H21N3. The number of rotatable bonds is 3. The van der Waals surface area contributed by atoms with Crippen molar-refractivity contribution >= 4 is 5.84 Å². The van der Waals surface area contributed by atoms with Gasteiger partial charge >= 0.3 is 0 Å². The normalized spacial score (nSPS) is 18.4. The summed E-state index contributed by atoms with van der Waals surface area (Å²) in [5.74, 6) is 0.928. The lowest BCUT2D eigenvalue weighted by Crippen LogP contribution is -2.42. The molecule has 0 amide bonds. The Kier molecular flexibility index (Phi) is 5.12. The highest BCUT2D eigenvalue weighted by atomic mass is 15.0. The molecule has 3 heteroatoms. The van der Waals surface area contributed by atoms with Crippen LogP contribution in [0.2, 0.25) is 0 Å². The fraction of sp³-hybridized carbons (Fsp3) is 0.583. The van der Waals surface area contributed by atoms with Crippen LogP contribution in [0.1, 0.15) is 26.7 Å². The average Bonchev–Trinajstić information content (AvgIpc) is 2.18. The number of amidine groups is 1. The molecule has 0 aromatic heterocycles. The first kappa shape index (κ1) is 12.0. The Labute approximate surface area is 92.4 Å². The molecule has 1 fully saturated rings. The molecule has 0 aliphatic carbocycles. The molecule has 1 heterocycles. The Hall–Kier alpha value is -1.09. The molecule has 3 nitrogen and oxygen atoms in total. The summed E-state index contributed by atoms with van der Waals surface area (Å²) >= 11 is 0. The number of allylic oxidation sites excluding steroid dienone is 1. The molecule has 2 N–H and O–H groups in total. The lowest BCUT2D eigenvalue weighted by molar-refractivity contribution is 0.430. The zero-order valence-electron chi connectivity index (χ0n) is 9.71. The average molecular weight is 207 g/mol. The maximum Gasteiger partial charge on any atom is 0.125 e. The van der Waals surface area contributed by atoms with E-state index in [-0.39, 0.29) is 0 Å². The third kappa shape index (κ3) is 4.79. The summed E-state index contributed by atoms with van der Waals surface area (Å²) in [7, 11) is 0. The second kappa shape index (κ2) is 6.40. The number of hydrogen-bond acceptors (Lipinski definition) is 2. The van der Waals surface area contributed by atoms with Gasteiger partial charge in [0.2, 0.25) is 0 Å². The molecule has 0 atom stereocenters. The molecule has 0 radical (unpaired) electrons. The van der Waals surface area contributed by atoms with Crippen LogP contribution in [0.4, 0.5) is 0 Å². The van der Waals surface area contributed by atoms with Crippen LogP contribution in [0.25, 0.3) is 0 Å². The van der Waals surface area contributed by atoms with Gasteiger partial charge in [0.1, 0.15) is 5.84 Å². The maximum atomic E-state index is 4.23. The van der Waals surface area contributed by atoms with Crippen molar-refractivity contribution in [1.29, 1.82) is 0 Å². The summed E-state index contributed by atoms with van der Waals surface area (Å²) in [4.78, 5) is 4.23. The predicted octanol–water partition coefficient (Wildman–Crippen LogP) is 1.84. The Balaban J connectivity index is 2.54. The van der Waals surface area contributed by atoms with Crippen LogP contribution < -0.4 is 10.6 Å². The first-order chi connectivity index (χ1) is 7.22. The van der Waals surface area contributed by atoms with E-state index >= 15 is 0 Å². The molecule has 0 aromatic rings. The van der Waals surface area contributed by atoms with Crippen LogP contribution in [-0.4, -0.2) is 25.0 Å². The Morgan fingerprint density at radius 2 is 2.07 bits per heavy atom. The van der Waals surface area contributed by atoms with Crippen molar-refractivity contribution in [3.8, 4) is 0 Å². The number of nitrogens with zero attached hydrogens (tertiary/aromatic N) is 1. The third-order valence-corrected chi connectivity index (χ3v) is 2.35. The third-order valence-electron chi connectivity index (χ3n) is 2.35. The van der Waals surface area contributed by atoms with E-state index in [2.05, 4.69) is 42.1 Å². The van der Waals surface area contributed by atoms with Crippen molar-refractivity contribution in [3.63, 3.8) is 0 Å². The second-order valence-corrected chi connectivity index (χ2v) is 4.09. The van der Waals surface area contributed by atoms with Gasteiger partial charge in [-0.3, -0.25) is 0 Å². The van der Waals surface area contributed by atoms with E-state index in [1.807, 2.05) is 0 Å². The molecular weight excluding hydrogens is 186 g/mol. The maximum absolute atomic E-state index is 4.23. The van der Waals surface area contributed by atoms with Gasteiger partial charge in [0.05, 0.1) is 0 Å². The van der Waals surface area contributed by atoms with Gasteiger partial charge in [-0.05, 0) is 45.9 Å². The summed E-state index contributed by atoms with van der Waals surface area (Å²) < 4.78 is 0. The Morgan fingerprint density at radius 3 is 2.60 bits per heavy atom. The number of hydrogen-bond donors (Lipinski definition) is 2. The first-order valence-corrected chi connectivity index (χ1v) is 5.53. The SMILES string of the molecule is C=C/N=C(\C=C(C)C)NC1CCNCC1. The van der Waals surface area contributed by atoms with E-state index in [1.165, 1.54) is 5.57 Å². The summed E-state index contributed by atoms with van der Waals surface area (Å²) in [6.45, 7) is 9.96. The van der Waals surface area contributed by atoms with Crippen molar-refractivity contribution in [3.05, 3.63) is 24.4 Å². The van der Waals surface area contributed by atoms with E-state index in [1.54, 1.807) is 6.20 Å². The van der Waals surface area contributed by atoms with Crippen LogP contribution in [0.15, 0.2) is 29.4 Å². The molecule has 0 aromatic carbocycles. The smallest absolute Gasteiger partial charge is 0.125 e. The molecule has 1 saturated heterocycles. The summed E-state index contributed by atoms with van der Waals surface area (Å²) in [5.41, 5.74) is 1.25. The number of aliphatic imine (C=N–C) groups is 1. The topological polar surface area (TPSA) is 36.4 Å². The molecule has 1 rings (SSSR count). The molecule has 0 saturated carbocycles. The Bertz CT molecular complexity index is 256. The van der Waals surface area contributed by atoms with Gasteiger partial charge in [-0.2, -0.15) is 0 Å². The van der Waals surface area contributed by atoms with Crippen LogP contribution >= 0.6 is 0 Å². The van der Waals surface area contributed by atoms with E-state index in [0.29, 0.717) is 6.04 Å². The van der Waals surface area contributed by atoms with Crippen molar-refractivity contribution in [1.82, 2.24) is 10.6 Å². The fourth-order valence-electron chi connectivity index (χ4n) is 1.66. The first-order valence-electron chi connectivity index (χ1n) is 5.53. The van der Waals surface area contributed by atoms with Crippen molar-refractivity contribution in [2.75, 3.05) is 13.1 Å². The highest BCUT2D eigenvalue weighted by Gasteiger charge is 2.12. The summed E-state index contributed by atoms with van der Waals surface area (Å²) in [5, 5.41) is 6.80. The van der Waals surface area contributed by atoms with Gasteiger partial charge < -0.3 is 10.6 Å². The molecule has 1 aliphatic heterocycles. The van der Waals surface area contributed by atoms with E-state index in [9.17, 15) is 0 Å². The highest BCUT2D eigenvalue weighted by molar-refractivity contribution is 5.94. The summed E-state index contributed by atoms with van der Waals surface area (Å²) in [6, 6.07) is 0.542. The van der Waals surface area contributed by atoms with E-state index < -0.39 is 0 Å². The van der Waals surface area contributed by atoms with Crippen LogP contribution in [0, 0.1) is 0 Å². The quantitative estimate of drug-likeness (QED) is 0.547. The van der Waals surface area contributed by atoms with Gasteiger partial charge in [0.15, 0.2) is 0 Å². The van der Waals surface area contributed by atoms with Gasteiger partial charge in [0.25, 0.3) is 0 Å².